The van der Waals surface area contributed by atoms with Gasteiger partial charge in [-0.1, -0.05) is 22.4 Å². The monoisotopic (exact) mass is 326 g/mol. The molecule has 4 nitrogen and oxygen atoms in total. The zero-order chi connectivity index (χ0) is 12.9. The highest BCUT2D eigenvalue weighted by Gasteiger charge is 2.30. The molecule has 0 amide bonds. The van der Waals surface area contributed by atoms with Crippen molar-refractivity contribution < 1.29 is 8.42 Å². The van der Waals surface area contributed by atoms with E-state index in [9.17, 15) is 8.42 Å². The summed E-state index contributed by atoms with van der Waals surface area (Å²) in [6, 6.07) is 0.135. The Bertz CT molecular complexity index is 321. The summed E-state index contributed by atoms with van der Waals surface area (Å²) in [7, 11) is -3.29. The first-order valence-corrected chi connectivity index (χ1v) is 8.88. The SMILES string of the molecule is CC(CCCBr)NS(=O)(=O)N1CCCCC1C. The highest BCUT2D eigenvalue weighted by atomic mass is 79.9. The zero-order valence-corrected chi connectivity index (χ0v) is 13.1. The van der Waals surface area contributed by atoms with Crippen LogP contribution in [0.4, 0.5) is 0 Å². The maximum Gasteiger partial charge on any atom is 0.279 e. The molecule has 1 rings (SSSR count). The summed E-state index contributed by atoms with van der Waals surface area (Å²) in [5.74, 6) is 0. The van der Waals surface area contributed by atoms with Gasteiger partial charge in [0, 0.05) is 24.0 Å². The maximum absolute atomic E-state index is 12.2. The lowest BCUT2D eigenvalue weighted by Crippen LogP contribution is -2.50. The molecule has 6 heteroatoms. The molecule has 0 bridgehead atoms. The molecule has 2 unspecified atom stereocenters. The van der Waals surface area contributed by atoms with Crippen molar-refractivity contribution in [1.82, 2.24) is 9.03 Å². The summed E-state index contributed by atoms with van der Waals surface area (Å²) < 4.78 is 28.7. The molecule has 102 valence electrons. The van der Waals surface area contributed by atoms with Gasteiger partial charge < -0.3 is 0 Å². The molecule has 17 heavy (non-hydrogen) atoms. The van der Waals surface area contributed by atoms with E-state index in [0.29, 0.717) is 6.54 Å². The van der Waals surface area contributed by atoms with E-state index in [1.54, 1.807) is 4.31 Å². The van der Waals surface area contributed by atoms with Gasteiger partial charge in [-0.3, -0.25) is 0 Å². The first-order chi connectivity index (χ1) is 7.97. The van der Waals surface area contributed by atoms with E-state index in [-0.39, 0.29) is 12.1 Å². The highest BCUT2D eigenvalue weighted by Crippen LogP contribution is 2.19. The number of piperidine rings is 1. The van der Waals surface area contributed by atoms with Crippen LogP contribution in [0.3, 0.4) is 0 Å². The van der Waals surface area contributed by atoms with Gasteiger partial charge in [0.05, 0.1) is 0 Å². The summed E-state index contributed by atoms with van der Waals surface area (Å²) in [5.41, 5.74) is 0. The summed E-state index contributed by atoms with van der Waals surface area (Å²) >= 11 is 3.36. The fraction of sp³-hybridized carbons (Fsp3) is 1.00. The van der Waals surface area contributed by atoms with E-state index >= 15 is 0 Å². The van der Waals surface area contributed by atoms with E-state index in [1.807, 2.05) is 13.8 Å². The lowest BCUT2D eigenvalue weighted by atomic mass is 10.1. The minimum absolute atomic E-state index is 0.00618. The van der Waals surface area contributed by atoms with Gasteiger partial charge in [-0.05, 0) is 39.5 Å². The van der Waals surface area contributed by atoms with Gasteiger partial charge in [0.15, 0.2) is 0 Å². The van der Waals surface area contributed by atoms with Crippen molar-refractivity contribution in [2.75, 3.05) is 11.9 Å². The smallest absolute Gasteiger partial charge is 0.199 e. The van der Waals surface area contributed by atoms with Crippen molar-refractivity contribution in [2.24, 2.45) is 0 Å². The Labute approximate surface area is 113 Å². The molecule has 0 spiro atoms. The number of alkyl halides is 1. The number of hydrogen-bond acceptors (Lipinski definition) is 2. The molecular formula is C11H23BrN2O2S. The number of hydrogen-bond donors (Lipinski definition) is 1. The number of halogens is 1. The van der Waals surface area contributed by atoms with E-state index in [1.165, 1.54) is 0 Å². The van der Waals surface area contributed by atoms with Crippen LogP contribution in [0.2, 0.25) is 0 Å². The average Bonchev–Trinajstić information content (AvgIpc) is 2.26. The molecule has 0 aromatic heterocycles. The minimum atomic E-state index is -3.29. The van der Waals surface area contributed by atoms with Gasteiger partial charge in [-0.15, -0.1) is 0 Å². The Balaban J connectivity index is 2.54. The second-order valence-electron chi connectivity index (χ2n) is 4.81. The quantitative estimate of drug-likeness (QED) is 0.761. The highest BCUT2D eigenvalue weighted by molar-refractivity contribution is 9.09. The van der Waals surface area contributed by atoms with Crippen LogP contribution < -0.4 is 4.72 Å². The van der Waals surface area contributed by atoms with Gasteiger partial charge >= 0.3 is 0 Å². The van der Waals surface area contributed by atoms with Crippen molar-refractivity contribution in [2.45, 2.75) is 58.0 Å². The van der Waals surface area contributed by atoms with Crippen molar-refractivity contribution in [3.05, 3.63) is 0 Å². The number of rotatable bonds is 6. The molecule has 1 fully saturated rings. The molecule has 1 saturated heterocycles. The standard InChI is InChI=1S/C11H23BrN2O2S/c1-10(6-5-8-12)13-17(15,16)14-9-4-3-7-11(14)2/h10-11,13H,3-9H2,1-2H3. The molecule has 1 heterocycles. The van der Waals surface area contributed by atoms with Crippen LogP contribution in [0.25, 0.3) is 0 Å². The van der Waals surface area contributed by atoms with Gasteiger partial charge in [-0.25, -0.2) is 0 Å². The zero-order valence-electron chi connectivity index (χ0n) is 10.7. The van der Waals surface area contributed by atoms with Crippen LogP contribution in [0, 0.1) is 0 Å². The third-order valence-electron chi connectivity index (χ3n) is 3.17. The number of nitrogens with one attached hydrogen (secondary N) is 1. The second kappa shape index (κ2) is 7.07. The molecule has 1 N–H and O–H groups in total. The third-order valence-corrected chi connectivity index (χ3v) is 5.59. The van der Waals surface area contributed by atoms with Crippen LogP contribution in [-0.2, 0) is 10.2 Å². The maximum atomic E-state index is 12.2. The summed E-state index contributed by atoms with van der Waals surface area (Å²) in [6.45, 7) is 4.57. The normalized spacial score (nSPS) is 24.8. The molecule has 0 aromatic carbocycles. The third kappa shape index (κ3) is 4.85. The van der Waals surface area contributed by atoms with Gasteiger partial charge in [-0.2, -0.15) is 17.4 Å². The Morgan fingerprint density at radius 2 is 2.18 bits per heavy atom. The van der Waals surface area contributed by atoms with Crippen LogP contribution in [0.15, 0.2) is 0 Å². The van der Waals surface area contributed by atoms with E-state index in [0.717, 1.165) is 37.4 Å². The lowest BCUT2D eigenvalue weighted by Gasteiger charge is -2.33. The molecule has 0 saturated carbocycles. The van der Waals surface area contributed by atoms with Gasteiger partial charge in [0.25, 0.3) is 10.2 Å². The van der Waals surface area contributed by atoms with Crippen LogP contribution in [-0.4, -0.2) is 36.7 Å². The Kier molecular flexibility index (Phi) is 6.40. The predicted octanol–water partition coefficient (Wildman–Crippen LogP) is 2.26. The minimum Gasteiger partial charge on any atom is -0.199 e. The molecule has 0 aliphatic carbocycles. The summed E-state index contributed by atoms with van der Waals surface area (Å²) in [4.78, 5) is 0. The number of nitrogens with zero attached hydrogens (tertiary/aromatic N) is 1. The first kappa shape index (κ1) is 15.4. The van der Waals surface area contributed by atoms with Crippen LogP contribution >= 0.6 is 15.9 Å². The van der Waals surface area contributed by atoms with Crippen molar-refractivity contribution in [1.29, 1.82) is 0 Å². The fourth-order valence-electron chi connectivity index (χ4n) is 2.19. The van der Waals surface area contributed by atoms with Crippen LogP contribution in [0.5, 0.6) is 0 Å². The average molecular weight is 327 g/mol. The van der Waals surface area contributed by atoms with Crippen molar-refractivity contribution >= 4 is 26.1 Å². The second-order valence-corrected chi connectivity index (χ2v) is 7.26. The molecule has 0 aromatic rings. The molecule has 0 radical (unpaired) electrons. The molecule has 2 atom stereocenters. The van der Waals surface area contributed by atoms with Crippen molar-refractivity contribution in [3.8, 4) is 0 Å². The fourth-order valence-corrected chi connectivity index (χ4v) is 4.23. The molecule has 1 aliphatic rings. The van der Waals surface area contributed by atoms with E-state index < -0.39 is 10.2 Å². The van der Waals surface area contributed by atoms with Crippen LogP contribution in [0.1, 0.15) is 46.0 Å². The van der Waals surface area contributed by atoms with E-state index in [4.69, 9.17) is 0 Å². The Morgan fingerprint density at radius 1 is 1.47 bits per heavy atom. The lowest BCUT2D eigenvalue weighted by molar-refractivity contribution is 0.263. The Morgan fingerprint density at radius 3 is 2.76 bits per heavy atom. The predicted molar refractivity (Wildman–Crippen MR) is 74.6 cm³/mol. The Hall–Kier alpha value is 0.350. The molecular weight excluding hydrogens is 304 g/mol. The molecule has 1 aliphatic heterocycles. The summed E-state index contributed by atoms with van der Waals surface area (Å²) in [6.07, 6.45) is 4.93. The van der Waals surface area contributed by atoms with Gasteiger partial charge in [0.2, 0.25) is 0 Å². The largest absolute Gasteiger partial charge is 0.279 e. The van der Waals surface area contributed by atoms with E-state index in [2.05, 4.69) is 20.7 Å². The topological polar surface area (TPSA) is 49.4 Å². The summed E-state index contributed by atoms with van der Waals surface area (Å²) in [5, 5.41) is 0.916. The first-order valence-electron chi connectivity index (χ1n) is 6.32. The van der Waals surface area contributed by atoms with Gasteiger partial charge in [0.1, 0.15) is 0 Å². The van der Waals surface area contributed by atoms with Crippen molar-refractivity contribution in [3.63, 3.8) is 0 Å².